The van der Waals surface area contributed by atoms with E-state index in [1.807, 2.05) is 31.3 Å². The van der Waals surface area contributed by atoms with Gasteiger partial charge in [-0.2, -0.15) is 5.10 Å². The summed E-state index contributed by atoms with van der Waals surface area (Å²) < 4.78 is 0. The molecule has 25 heavy (non-hydrogen) atoms. The third-order valence-electron chi connectivity index (χ3n) is 5.55. The number of thiocarbonyl (C=S) groups is 1. The standard InChI is InChI=1S/C20H24N4S/c1-14(19-18-5-3-2-4-17(18)10-11-21-19)22-23-20(25)24-12-15-6-7-16(13-24)9-8-15/h2-5,10-11,15-16H,6-9,12-13H2,1H3,(H,23,25)/b22-14+. The van der Waals surface area contributed by atoms with E-state index in [1.165, 1.54) is 31.1 Å². The van der Waals surface area contributed by atoms with Crippen LogP contribution in [0.15, 0.2) is 41.6 Å². The van der Waals surface area contributed by atoms with Gasteiger partial charge in [-0.25, -0.2) is 0 Å². The van der Waals surface area contributed by atoms with Crippen LogP contribution in [0.3, 0.4) is 0 Å². The number of fused-ring (bicyclic) bond motifs is 5. The first-order valence-electron chi connectivity index (χ1n) is 9.14. The first-order chi connectivity index (χ1) is 12.2. The number of aromatic nitrogens is 1. The van der Waals surface area contributed by atoms with Crippen LogP contribution < -0.4 is 5.43 Å². The highest BCUT2D eigenvalue weighted by molar-refractivity contribution is 7.80. The van der Waals surface area contributed by atoms with Gasteiger partial charge in [-0.15, -0.1) is 0 Å². The molecule has 1 aromatic heterocycles. The summed E-state index contributed by atoms with van der Waals surface area (Å²) in [4.78, 5) is 6.84. The van der Waals surface area contributed by atoms with Crippen molar-refractivity contribution in [2.75, 3.05) is 13.1 Å². The number of pyridine rings is 1. The Labute approximate surface area is 154 Å². The summed E-state index contributed by atoms with van der Waals surface area (Å²) in [5.41, 5.74) is 4.88. The summed E-state index contributed by atoms with van der Waals surface area (Å²) in [6.07, 6.45) is 7.25. The van der Waals surface area contributed by atoms with Crippen molar-refractivity contribution in [2.24, 2.45) is 16.9 Å². The lowest BCUT2D eigenvalue weighted by atomic mass is 9.84. The summed E-state index contributed by atoms with van der Waals surface area (Å²) in [5.74, 6) is 1.59. The van der Waals surface area contributed by atoms with E-state index in [2.05, 4.69) is 32.5 Å². The average molecular weight is 353 g/mol. The van der Waals surface area contributed by atoms with Gasteiger partial charge in [0.1, 0.15) is 0 Å². The van der Waals surface area contributed by atoms with E-state index < -0.39 is 0 Å². The van der Waals surface area contributed by atoms with E-state index in [9.17, 15) is 0 Å². The Morgan fingerprint density at radius 2 is 1.80 bits per heavy atom. The Hall–Kier alpha value is -2.01. The molecule has 1 N–H and O–H groups in total. The molecular formula is C20H24N4S. The average Bonchev–Trinajstić information content (AvgIpc) is 2.99. The van der Waals surface area contributed by atoms with Crippen molar-refractivity contribution >= 4 is 33.8 Å². The first-order valence-corrected chi connectivity index (χ1v) is 9.55. The highest BCUT2D eigenvalue weighted by Gasteiger charge is 2.30. The van der Waals surface area contributed by atoms with Crippen molar-refractivity contribution in [3.8, 4) is 0 Å². The van der Waals surface area contributed by atoms with Crippen LogP contribution in [0.4, 0.5) is 0 Å². The van der Waals surface area contributed by atoms with Gasteiger partial charge in [0.25, 0.3) is 0 Å². The van der Waals surface area contributed by atoms with Crippen LogP contribution >= 0.6 is 12.2 Å². The SMILES string of the molecule is C/C(=N\NC(=S)N1CC2CCC(CC2)C1)c1nccc2ccccc12. The lowest BCUT2D eigenvalue weighted by Gasteiger charge is -2.24. The predicted octanol–water partition coefficient (Wildman–Crippen LogP) is 3.96. The van der Waals surface area contributed by atoms with Crippen molar-refractivity contribution in [1.82, 2.24) is 15.3 Å². The van der Waals surface area contributed by atoms with Gasteiger partial charge in [0.15, 0.2) is 5.11 Å². The van der Waals surface area contributed by atoms with Crippen LogP contribution in [0, 0.1) is 11.8 Å². The number of nitrogens with one attached hydrogen (secondary N) is 1. The zero-order valence-electron chi connectivity index (χ0n) is 14.6. The molecule has 0 amide bonds. The fourth-order valence-corrected chi connectivity index (χ4v) is 4.32. The zero-order chi connectivity index (χ0) is 17.2. The Kier molecular flexibility index (Phi) is 4.66. The molecule has 3 fully saturated rings. The molecule has 1 aromatic carbocycles. The molecular weight excluding hydrogens is 328 g/mol. The molecule has 2 bridgehead atoms. The van der Waals surface area contributed by atoms with Gasteiger partial charge in [0, 0.05) is 24.7 Å². The van der Waals surface area contributed by atoms with E-state index in [0.717, 1.165) is 46.8 Å². The number of rotatable bonds is 2. The highest BCUT2D eigenvalue weighted by Crippen LogP contribution is 2.33. The summed E-state index contributed by atoms with van der Waals surface area (Å²) in [6, 6.07) is 10.3. The van der Waals surface area contributed by atoms with E-state index in [-0.39, 0.29) is 0 Å². The maximum absolute atomic E-state index is 5.62. The van der Waals surface area contributed by atoms with Crippen molar-refractivity contribution in [3.05, 3.63) is 42.2 Å². The smallest absolute Gasteiger partial charge is 0.189 e. The Bertz CT molecular complexity index is 789. The second-order valence-electron chi connectivity index (χ2n) is 7.29. The number of hydrogen-bond acceptors (Lipinski definition) is 3. The molecule has 0 radical (unpaired) electrons. The normalized spacial score (nSPS) is 23.6. The molecule has 1 aliphatic carbocycles. The zero-order valence-corrected chi connectivity index (χ0v) is 15.4. The monoisotopic (exact) mass is 352 g/mol. The molecule has 2 saturated heterocycles. The van der Waals surface area contributed by atoms with Crippen LogP contribution in [0.25, 0.3) is 10.8 Å². The topological polar surface area (TPSA) is 40.5 Å². The van der Waals surface area contributed by atoms with Crippen LogP contribution in [0.5, 0.6) is 0 Å². The molecule has 2 aromatic rings. The summed E-state index contributed by atoms with van der Waals surface area (Å²) in [6.45, 7) is 4.13. The van der Waals surface area contributed by atoms with Gasteiger partial charge in [-0.1, -0.05) is 24.3 Å². The number of nitrogens with zero attached hydrogens (tertiary/aromatic N) is 3. The third-order valence-corrected chi connectivity index (χ3v) is 5.90. The lowest BCUT2D eigenvalue weighted by molar-refractivity contribution is 0.326. The minimum absolute atomic E-state index is 0.749. The molecule has 5 heteroatoms. The Morgan fingerprint density at radius 3 is 2.52 bits per heavy atom. The van der Waals surface area contributed by atoms with Gasteiger partial charge >= 0.3 is 0 Å². The molecule has 3 aliphatic rings. The second kappa shape index (κ2) is 7.08. The van der Waals surface area contributed by atoms with Gasteiger partial charge in [0.2, 0.25) is 0 Å². The Morgan fingerprint density at radius 1 is 1.12 bits per heavy atom. The van der Waals surface area contributed by atoms with Gasteiger partial charge < -0.3 is 4.90 Å². The van der Waals surface area contributed by atoms with Gasteiger partial charge in [-0.3, -0.25) is 10.4 Å². The summed E-state index contributed by atoms with van der Waals surface area (Å²) in [7, 11) is 0. The van der Waals surface area contributed by atoms with Crippen molar-refractivity contribution in [2.45, 2.75) is 32.6 Å². The molecule has 0 atom stereocenters. The molecule has 5 rings (SSSR count). The molecule has 1 saturated carbocycles. The summed E-state index contributed by atoms with van der Waals surface area (Å²) >= 11 is 5.62. The maximum atomic E-state index is 5.62. The molecule has 130 valence electrons. The van der Waals surface area contributed by atoms with E-state index >= 15 is 0 Å². The molecule has 0 unspecified atom stereocenters. The third kappa shape index (κ3) is 3.52. The predicted molar refractivity (Wildman–Crippen MR) is 107 cm³/mol. The highest BCUT2D eigenvalue weighted by atomic mass is 32.1. The second-order valence-corrected chi connectivity index (χ2v) is 7.67. The van der Waals surface area contributed by atoms with Crippen LogP contribution in [-0.4, -0.2) is 33.8 Å². The number of hydrogen-bond donors (Lipinski definition) is 1. The number of benzene rings is 1. The van der Waals surface area contributed by atoms with Crippen LogP contribution in [0.1, 0.15) is 38.3 Å². The van der Waals surface area contributed by atoms with Gasteiger partial charge in [-0.05, 0) is 68.1 Å². The fraction of sp³-hybridized carbons (Fsp3) is 0.450. The Balaban J connectivity index is 1.50. The number of hydrazone groups is 1. The van der Waals surface area contributed by atoms with Crippen LogP contribution in [0.2, 0.25) is 0 Å². The summed E-state index contributed by atoms with van der Waals surface area (Å²) in [5, 5.41) is 7.58. The van der Waals surface area contributed by atoms with E-state index in [4.69, 9.17) is 12.2 Å². The largest absolute Gasteiger partial charge is 0.347 e. The van der Waals surface area contributed by atoms with Crippen molar-refractivity contribution in [3.63, 3.8) is 0 Å². The van der Waals surface area contributed by atoms with E-state index in [1.54, 1.807) is 0 Å². The molecule has 4 nitrogen and oxygen atoms in total. The van der Waals surface area contributed by atoms with Crippen molar-refractivity contribution < 1.29 is 0 Å². The molecule has 2 aliphatic heterocycles. The molecule has 3 heterocycles. The quantitative estimate of drug-likeness (QED) is 0.505. The maximum Gasteiger partial charge on any atom is 0.189 e. The van der Waals surface area contributed by atoms with Crippen LogP contribution in [-0.2, 0) is 0 Å². The molecule has 0 spiro atoms. The van der Waals surface area contributed by atoms with Gasteiger partial charge in [0.05, 0.1) is 11.4 Å². The minimum atomic E-state index is 0.749. The fourth-order valence-electron chi connectivity index (χ4n) is 4.12. The minimum Gasteiger partial charge on any atom is -0.347 e. The first kappa shape index (κ1) is 16.5. The lowest BCUT2D eigenvalue weighted by Crippen LogP contribution is -2.40. The van der Waals surface area contributed by atoms with E-state index in [0.29, 0.717) is 0 Å². The van der Waals surface area contributed by atoms with Crippen molar-refractivity contribution in [1.29, 1.82) is 0 Å².